The molecule has 0 unspecified atom stereocenters. The Labute approximate surface area is 163 Å². The Morgan fingerprint density at radius 1 is 0.769 bits per heavy atom. The summed E-state index contributed by atoms with van der Waals surface area (Å²) in [6, 6.07) is 0. The number of ether oxygens (including phenoxy) is 1. The predicted molar refractivity (Wildman–Crippen MR) is 112 cm³/mol. The number of hydrogen-bond acceptors (Lipinski definition) is 4. The Morgan fingerprint density at radius 3 is 1.88 bits per heavy atom. The van der Waals surface area contributed by atoms with E-state index in [-0.39, 0.29) is 5.60 Å². The van der Waals surface area contributed by atoms with Gasteiger partial charge in [0, 0.05) is 38.3 Å². The molecule has 0 amide bonds. The summed E-state index contributed by atoms with van der Waals surface area (Å²) < 4.78 is 5.87. The van der Waals surface area contributed by atoms with E-state index in [1.54, 1.807) is 0 Å². The van der Waals surface area contributed by atoms with Gasteiger partial charge in [-0.3, -0.25) is 4.90 Å². The molecule has 4 nitrogen and oxygen atoms in total. The first-order chi connectivity index (χ1) is 12.1. The van der Waals surface area contributed by atoms with Gasteiger partial charge >= 0.3 is 0 Å². The third kappa shape index (κ3) is 8.24. The Hall–Kier alpha value is -0.160. The second kappa shape index (κ2) is 9.86. The molecule has 2 saturated heterocycles. The maximum absolute atomic E-state index is 5.87. The van der Waals surface area contributed by atoms with E-state index in [0.717, 1.165) is 19.1 Å². The minimum Gasteiger partial charge on any atom is -0.375 e. The summed E-state index contributed by atoms with van der Waals surface area (Å²) >= 11 is 0. The van der Waals surface area contributed by atoms with Crippen LogP contribution in [0.15, 0.2) is 0 Å². The van der Waals surface area contributed by atoms with E-state index in [9.17, 15) is 0 Å². The lowest BCUT2D eigenvalue weighted by atomic mass is 9.92. The van der Waals surface area contributed by atoms with Crippen molar-refractivity contribution in [3.63, 3.8) is 0 Å². The molecule has 154 valence electrons. The van der Waals surface area contributed by atoms with Crippen LogP contribution in [0.4, 0.5) is 0 Å². The van der Waals surface area contributed by atoms with Gasteiger partial charge in [-0.1, -0.05) is 0 Å². The average molecular weight is 368 g/mol. The molecule has 2 aliphatic heterocycles. The monoisotopic (exact) mass is 367 g/mol. The zero-order valence-corrected chi connectivity index (χ0v) is 18.5. The fourth-order valence-electron chi connectivity index (χ4n) is 4.23. The van der Waals surface area contributed by atoms with Gasteiger partial charge in [-0.05, 0) is 92.8 Å². The smallest absolute Gasteiger partial charge is 0.0600 e. The van der Waals surface area contributed by atoms with Gasteiger partial charge in [-0.25, -0.2) is 0 Å². The lowest BCUT2D eigenvalue weighted by molar-refractivity contribution is -0.0164. The van der Waals surface area contributed by atoms with Crippen LogP contribution in [0.25, 0.3) is 0 Å². The molecule has 2 heterocycles. The molecule has 0 atom stereocenters. The minimum atomic E-state index is -0.00329. The van der Waals surface area contributed by atoms with Gasteiger partial charge in [0.1, 0.15) is 0 Å². The van der Waals surface area contributed by atoms with Crippen LogP contribution >= 0.6 is 0 Å². The molecular formula is C22H45N3O. The Balaban J connectivity index is 1.52. The van der Waals surface area contributed by atoms with Crippen LogP contribution in [0.1, 0.15) is 67.2 Å². The normalized spacial score (nSPS) is 22.8. The van der Waals surface area contributed by atoms with Crippen molar-refractivity contribution in [3.8, 4) is 0 Å². The highest BCUT2D eigenvalue weighted by Gasteiger charge is 2.26. The molecule has 26 heavy (non-hydrogen) atoms. The van der Waals surface area contributed by atoms with Crippen molar-refractivity contribution >= 4 is 0 Å². The van der Waals surface area contributed by atoms with E-state index in [4.69, 9.17) is 4.74 Å². The number of piperazine rings is 1. The highest BCUT2D eigenvalue weighted by atomic mass is 16.5. The van der Waals surface area contributed by atoms with Crippen molar-refractivity contribution in [3.05, 3.63) is 0 Å². The summed E-state index contributed by atoms with van der Waals surface area (Å²) in [5, 5.41) is 0. The molecule has 2 aliphatic rings. The lowest BCUT2D eigenvalue weighted by Gasteiger charge is -2.42. The van der Waals surface area contributed by atoms with Crippen LogP contribution in [-0.4, -0.2) is 84.8 Å². The molecule has 2 fully saturated rings. The maximum atomic E-state index is 5.87. The van der Waals surface area contributed by atoms with Gasteiger partial charge in [0.15, 0.2) is 0 Å². The first-order valence-corrected chi connectivity index (χ1v) is 11.0. The molecule has 0 aromatic rings. The third-order valence-corrected chi connectivity index (χ3v) is 6.06. The SMILES string of the molecule is CC(C)(C)OCCN1CCC(CCCN2CCN(C(C)(C)C)CC2)CC1. The van der Waals surface area contributed by atoms with Gasteiger partial charge in [0.05, 0.1) is 12.2 Å². The van der Waals surface area contributed by atoms with E-state index in [1.165, 1.54) is 71.5 Å². The summed E-state index contributed by atoms with van der Waals surface area (Å²) in [4.78, 5) is 7.90. The first-order valence-electron chi connectivity index (χ1n) is 11.0. The maximum Gasteiger partial charge on any atom is 0.0600 e. The van der Waals surface area contributed by atoms with Crippen LogP contribution < -0.4 is 0 Å². The topological polar surface area (TPSA) is 19.0 Å². The molecule has 4 heteroatoms. The lowest BCUT2D eigenvalue weighted by Crippen LogP contribution is -2.53. The number of hydrogen-bond donors (Lipinski definition) is 0. The fraction of sp³-hybridized carbons (Fsp3) is 1.00. The Bertz CT molecular complexity index is 383. The summed E-state index contributed by atoms with van der Waals surface area (Å²) in [6.07, 6.45) is 5.57. The fourth-order valence-corrected chi connectivity index (χ4v) is 4.23. The van der Waals surface area contributed by atoms with Crippen molar-refractivity contribution in [1.82, 2.24) is 14.7 Å². The van der Waals surface area contributed by atoms with Crippen molar-refractivity contribution in [1.29, 1.82) is 0 Å². The van der Waals surface area contributed by atoms with Crippen LogP contribution in [0.2, 0.25) is 0 Å². The van der Waals surface area contributed by atoms with Gasteiger partial charge in [-0.15, -0.1) is 0 Å². The van der Waals surface area contributed by atoms with Crippen LogP contribution in [0.5, 0.6) is 0 Å². The van der Waals surface area contributed by atoms with Crippen molar-refractivity contribution in [2.45, 2.75) is 78.4 Å². The highest BCUT2D eigenvalue weighted by molar-refractivity contribution is 4.82. The van der Waals surface area contributed by atoms with Crippen molar-refractivity contribution in [2.75, 3.05) is 59.0 Å². The molecule has 0 radical (unpaired) electrons. The molecule has 0 aliphatic carbocycles. The van der Waals surface area contributed by atoms with Crippen molar-refractivity contribution in [2.24, 2.45) is 5.92 Å². The second-order valence-electron chi connectivity index (χ2n) is 10.4. The average Bonchev–Trinajstić information content (AvgIpc) is 2.55. The Morgan fingerprint density at radius 2 is 1.35 bits per heavy atom. The van der Waals surface area contributed by atoms with Crippen LogP contribution in [0.3, 0.4) is 0 Å². The molecule has 2 rings (SSSR count). The van der Waals surface area contributed by atoms with Crippen LogP contribution in [-0.2, 0) is 4.74 Å². The molecular weight excluding hydrogens is 322 g/mol. The largest absolute Gasteiger partial charge is 0.375 e. The number of rotatable bonds is 7. The van der Waals surface area contributed by atoms with Crippen LogP contribution in [0, 0.1) is 5.92 Å². The predicted octanol–water partition coefficient (Wildman–Crippen LogP) is 3.71. The Kier molecular flexibility index (Phi) is 8.39. The van der Waals surface area contributed by atoms with E-state index >= 15 is 0 Å². The minimum absolute atomic E-state index is 0.00329. The molecule has 0 aromatic heterocycles. The van der Waals surface area contributed by atoms with Crippen molar-refractivity contribution < 1.29 is 4.74 Å². The quantitative estimate of drug-likeness (QED) is 0.683. The number of likely N-dealkylation sites (tertiary alicyclic amines) is 1. The molecule has 0 saturated carbocycles. The highest BCUT2D eigenvalue weighted by Crippen LogP contribution is 2.22. The second-order valence-corrected chi connectivity index (χ2v) is 10.4. The standard InChI is InChI=1S/C22H45N3O/c1-21(2,3)25-16-14-23(15-17-25)11-7-8-20-9-12-24(13-10-20)18-19-26-22(4,5)6/h20H,7-19H2,1-6H3. The first kappa shape index (κ1) is 22.1. The van der Waals surface area contributed by atoms with Gasteiger partial charge in [0.25, 0.3) is 0 Å². The zero-order chi connectivity index (χ0) is 19.2. The van der Waals surface area contributed by atoms with E-state index in [0.29, 0.717) is 5.54 Å². The summed E-state index contributed by atoms with van der Waals surface area (Å²) in [5.74, 6) is 0.950. The molecule has 0 spiro atoms. The number of nitrogens with zero attached hydrogens (tertiary/aromatic N) is 3. The van der Waals surface area contributed by atoms with E-state index < -0.39 is 0 Å². The number of piperidine rings is 1. The van der Waals surface area contributed by atoms with E-state index in [2.05, 4.69) is 56.2 Å². The molecule has 0 N–H and O–H groups in total. The molecule has 0 aromatic carbocycles. The summed E-state index contributed by atoms with van der Waals surface area (Å²) in [7, 11) is 0. The summed E-state index contributed by atoms with van der Waals surface area (Å²) in [6.45, 7) is 24.2. The van der Waals surface area contributed by atoms with Gasteiger partial charge in [-0.2, -0.15) is 0 Å². The summed E-state index contributed by atoms with van der Waals surface area (Å²) in [5.41, 5.74) is 0.328. The van der Waals surface area contributed by atoms with E-state index in [1.807, 2.05) is 0 Å². The van der Waals surface area contributed by atoms with Gasteiger partial charge < -0.3 is 14.5 Å². The van der Waals surface area contributed by atoms with Gasteiger partial charge in [0.2, 0.25) is 0 Å². The molecule has 0 bridgehead atoms. The zero-order valence-electron chi connectivity index (χ0n) is 18.5. The third-order valence-electron chi connectivity index (χ3n) is 6.06.